The van der Waals surface area contributed by atoms with Gasteiger partial charge in [-0.05, 0) is 38.8 Å². The molecule has 1 aliphatic rings. The Morgan fingerprint density at radius 2 is 1.90 bits per heavy atom. The minimum atomic E-state index is -0.648. The first-order valence-electron chi connectivity index (χ1n) is 9.74. The summed E-state index contributed by atoms with van der Waals surface area (Å²) in [5, 5.41) is 3.88. The molecule has 0 unspecified atom stereocenters. The molecule has 0 radical (unpaired) electrons. The number of ether oxygens (including phenoxy) is 2. The predicted octanol–water partition coefficient (Wildman–Crippen LogP) is 1.75. The topological polar surface area (TPSA) is 125 Å². The monoisotopic (exact) mass is 415 g/mol. The molecule has 160 valence electrons. The van der Waals surface area contributed by atoms with Gasteiger partial charge in [-0.3, -0.25) is 9.59 Å². The Hall–Kier alpha value is -3.36. The average Bonchev–Trinajstić information content (AvgIpc) is 3.07. The van der Waals surface area contributed by atoms with Crippen molar-refractivity contribution in [3.8, 4) is 5.75 Å². The van der Waals surface area contributed by atoms with Crippen LogP contribution in [0.25, 0.3) is 0 Å². The van der Waals surface area contributed by atoms with Gasteiger partial charge in [0.05, 0.1) is 11.3 Å². The van der Waals surface area contributed by atoms with E-state index in [-0.39, 0.29) is 36.5 Å². The van der Waals surface area contributed by atoms with Gasteiger partial charge < -0.3 is 24.6 Å². The van der Waals surface area contributed by atoms with Crippen LogP contribution < -0.4 is 10.5 Å². The molecule has 2 heterocycles. The second-order valence-corrected chi connectivity index (χ2v) is 7.22. The number of amides is 2. The van der Waals surface area contributed by atoms with E-state index in [9.17, 15) is 14.4 Å². The van der Waals surface area contributed by atoms with E-state index >= 15 is 0 Å². The van der Waals surface area contributed by atoms with Gasteiger partial charge in [0.2, 0.25) is 5.91 Å². The largest absolute Gasteiger partial charge is 0.488 e. The Balaban J connectivity index is 1.56. The molecule has 1 saturated heterocycles. The summed E-state index contributed by atoms with van der Waals surface area (Å²) in [6, 6.07) is 6.67. The molecule has 9 heteroatoms. The zero-order chi connectivity index (χ0) is 21.7. The van der Waals surface area contributed by atoms with Crippen molar-refractivity contribution in [1.82, 2.24) is 10.1 Å². The van der Waals surface area contributed by atoms with Crippen LogP contribution in [0, 0.1) is 19.8 Å². The Morgan fingerprint density at radius 3 is 2.53 bits per heavy atom. The highest BCUT2D eigenvalue weighted by atomic mass is 16.5. The van der Waals surface area contributed by atoms with E-state index in [2.05, 4.69) is 5.16 Å². The van der Waals surface area contributed by atoms with Gasteiger partial charge in [0.25, 0.3) is 5.91 Å². The third-order valence-corrected chi connectivity index (χ3v) is 5.24. The number of esters is 1. The maximum absolute atomic E-state index is 12.5. The Bertz CT molecular complexity index is 911. The van der Waals surface area contributed by atoms with Crippen LogP contribution in [0.5, 0.6) is 5.75 Å². The molecular formula is C21H25N3O6. The van der Waals surface area contributed by atoms with Gasteiger partial charge in [0, 0.05) is 19.0 Å². The fraction of sp³-hybridized carbons (Fsp3) is 0.429. The van der Waals surface area contributed by atoms with Crippen molar-refractivity contribution in [2.45, 2.75) is 33.3 Å². The van der Waals surface area contributed by atoms with E-state index in [4.69, 9.17) is 19.7 Å². The molecule has 2 aromatic rings. The van der Waals surface area contributed by atoms with Gasteiger partial charge in [0.15, 0.2) is 6.61 Å². The number of benzene rings is 1. The number of piperidine rings is 1. The summed E-state index contributed by atoms with van der Waals surface area (Å²) in [5.41, 5.74) is 7.07. The fourth-order valence-corrected chi connectivity index (χ4v) is 3.33. The quantitative estimate of drug-likeness (QED) is 0.683. The van der Waals surface area contributed by atoms with Gasteiger partial charge in [-0.25, -0.2) is 4.79 Å². The number of hydrogen-bond donors (Lipinski definition) is 1. The third kappa shape index (κ3) is 4.97. The summed E-state index contributed by atoms with van der Waals surface area (Å²) in [4.78, 5) is 37.7. The van der Waals surface area contributed by atoms with Gasteiger partial charge in [0.1, 0.15) is 23.7 Å². The lowest BCUT2D eigenvalue weighted by Gasteiger charge is -2.30. The maximum atomic E-state index is 12.5. The number of para-hydroxylation sites is 1. The zero-order valence-electron chi connectivity index (χ0n) is 17.1. The van der Waals surface area contributed by atoms with Crippen LogP contribution in [0.15, 0.2) is 28.8 Å². The summed E-state index contributed by atoms with van der Waals surface area (Å²) in [7, 11) is 0. The van der Waals surface area contributed by atoms with Crippen LogP contribution in [-0.2, 0) is 20.9 Å². The van der Waals surface area contributed by atoms with E-state index in [1.54, 1.807) is 36.1 Å². The Kier molecular flexibility index (Phi) is 6.71. The highest BCUT2D eigenvalue weighted by molar-refractivity contribution is 5.94. The maximum Gasteiger partial charge on any atom is 0.342 e. The minimum Gasteiger partial charge on any atom is -0.488 e. The van der Waals surface area contributed by atoms with Crippen LogP contribution in [-0.4, -0.2) is 47.5 Å². The number of carbonyl (C=O) groups is 3. The predicted molar refractivity (Wildman–Crippen MR) is 106 cm³/mol. The minimum absolute atomic E-state index is 0.194. The highest BCUT2D eigenvalue weighted by Gasteiger charge is 2.26. The van der Waals surface area contributed by atoms with E-state index < -0.39 is 5.97 Å². The molecule has 0 atom stereocenters. The molecule has 2 amide bonds. The molecule has 0 aliphatic carbocycles. The normalized spacial score (nSPS) is 14.4. The lowest BCUT2D eigenvalue weighted by atomic mass is 9.96. The number of likely N-dealkylation sites (tertiary alicyclic amines) is 1. The summed E-state index contributed by atoms with van der Waals surface area (Å²) in [6.07, 6.45) is 1.04. The van der Waals surface area contributed by atoms with Crippen molar-refractivity contribution in [3.63, 3.8) is 0 Å². The summed E-state index contributed by atoms with van der Waals surface area (Å²) >= 11 is 0. The first-order chi connectivity index (χ1) is 14.4. The lowest BCUT2D eigenvalue weighted by molar-refractivity contribution is -0.137. The molecule has 0 saturated carbocycles. The third-order valence-electron chi connectivity index (χ3n) is 5.24. The second kappa shape index (κ2) is 9.43. The summed E-state index contributed by atoms with van der Waals surface area (Å²) < 4.78 is 16.1. The molecule has 0 spiro atoms. The van der Waals surface area contributed by atoms with E-state index in [0.29, 0.717) is 37.4 Å². The lowest BCUT2D eigenvalue weighted by Crippen LogP contribution is -2.43. The molecule has 9 nitrogen and oxygen atoms in total. The molecular weight excluding hydrogens is 390 g/mol. The summed E-state index contributed by atoms with van der Waals surface area (Å²) in [5.74, 6) is -0.513. The molecule has 1 aromatic heterocycles. The zero-order valence-corrected chi connectivity index (χ0v) is 17.1. The molecule has 30 heavy (non-hydrogen) atoms. The second-order valence-electron chi connectivity index (χ2n) is 7.22. The summed E-state index contributed by atoms with van der Waals surface area (Å²) in [6.45, 7) is 4.25. The number of aryl methyl sites for hydroxylation is 2. The van der Waals surface area contributed by atoms with Crippen LogP contribution in [0.2, 0.25) is 0 Å². The average molecular weight is 415 g/mol. The smallest absolute Gasteiger partial charge is 0.342 e. The van der Waals surface area contributed by atoms with Crippen molar-refractivity contribution in [2.24, 2.45) is 11.7 Å². The number of hydrogen-bond acceptors (Lipinski definition) is 7. The first kappa shape index (κ1) is 21.4. The number of nitrogens with two attached hydrogens (primary N) is 1. The SMILES string of the molecule is Cc1noc(C)c1COc1ccccc1C(=O)OCC(=O)N1CCC(C(N)=O)CC1. The van der Waals surface area contributed by atoms with E-state index in [1.165, 1.54) is 0 Å². The first-order valence-corrected chi connectivity index (χ1v) is 9.74. The number of rotatable bonds is 7. The van der Waals surface area contributed by atoms with Crippen molar-refractivity contribution < 1.29 is 28.4 Å². The number of carbonyl (C=O) groups excluding carboxylic acids is 3. The van der Waals surface area contributed by atoms with Crippen molar-refractivity contribution in [1.29, 1.82) is 0 Å². The molecule has 3 rings (SSSR count). The molecule has 2 N–H and O–H groups in total. The number of primary amides is 1. The van der Waals surface area contributed by atoms with Crippen LogP contribution >= 0.6 is 0 Å². The fourth-order valence-electron chi connectivity index (χ4n) is 3.33. The van der Waals surface area contributed by atoms with E-state index in [1.807, 2.05) is 6.92 Å². The molecule has 0 bridgehead atoms. The van der Waals surface area contributed by atoms with Crippen LogP contribution in [0.3, 0.4) is 0 Å². The van der Waals surface area contributed by atoms with Crippen LogP contribution in [0.4, 0.5) is 0 Å². The van der Waals surface area contributed by atoms with Crippen molar-refractivity contribution in [2.75, 3.05) is 19.7 Å². The molecule has 1 aliphatic heterocycles. The number of aromatic nitrogens is 1. The van der Waals surface area contributed by atoms with Gasteiger partial charge in [-0.1, -0.05) is 17.3 Å². The van der Waals surface area contributed by atoms with Crippen molar-refractivity contribution >= 4 is 17.8 Å². The Labute approximate surface area is 174 Å². The molecule has 1 aromatic carbocycles. The number of nitrogens with zero attached hydrogens (tertiary/aromatic N) is 2. The van der Waals surface area contributed by atoms with Crippen molar-refractivity contribution in [3.05, 3.63) is 46.8 Å². The molecule has 1 fully saturated rings. The van der Waals surface area contributed by atoms with Gasteiger partial charge >= 0.3 is 5.97 Å². The highest BCUT2D eigenvalue weighted by Crippen LogP contribution is 2.22. The standard InChI is InChI=1S/C21H25N3O6/c1-13-17(14(2)30-23-13)11-28-18-6-4-3-5-16(18)21(27)29-12-19(25)24-9-7-15(8-10-24)20(22)26/h3-6,15H,7-12H2,1-2H3,(H2,22,26). The van der Waals surface area contributed by atoms with Crippen LogP contribution in [0.1, 0.15) is 40.2 Å². The van der Waals surface area contributed by atoms with Gasteiger partial charge in [-0.2, -0.15) is 0 Å². The van der Waals surface area contributed by atoms with E-state index in [0.717, 1.165) is 11.3 Å². The Morgan fingerprint density at radius 1 is 1.20 bits per heavy atom. The van der Waals surface area contributed by atoms with Gasteiger partial charge in [-0.15, -0.1) is 0 Å².